The van der Waals surface area contributed by atoms with E-state index in [1.807, 2.05) is 37.3 Å². The number of ether oxygens (including phenoxy) is 1. The van der Waals surface area contributed by atoms with E-state index in [2.05, 4.69) is 36.1 Å². The van der Waals surface area contributed by atoms with Crippen LogP contribution in [0.1, 0.15) is 50.2 Å². The highest BCUT2D eigenvalue weighted by atomic mass is 16.5. The lowest BCUT2D eigenvalue weighted by Crippen LogP contribution is -2.40. The van der Waals surface area contributed by atoms with Crippen LogP contribution in [0.4, 0.5) is 0 Å². The Bertz CT molecular complexity index is 664. The van der Waals surface area contributed by atoms with E-state index in [0.717, 1.165) is 30.9 Å². The molecule has 1 fully saturated rings. The number of likely N-dealkylation sites (tertiary alicyclic amines) is 1. The molecule has 0 amide bonds. The van der Waals surface area contributed by atoms with Gasteiger partial charge in [-0.2, -0.15) is 0 Å². The molecule has 1 N–H and O–H groups in total. The van der Waals surface area contributed by atoms with E-state index in [9.17, 15) is 5.11 Å². The van der Waals surface area contributed by atoms with Gasteiger partial charge in [0.15, 0.2) is 0 Å². The van der Waals surface area contributed by atoms with Gasteiger partial charge in [-0.05, 0) is 62.5 Å². The SMILES string of the molecule is CCOc1ccc([C@@](O)(CC)[C@H](CN2CCCC2)c2ccccc2)cc1. The molecular weight excluding hydrogens is 322 g/mol. The Morgan fingerprint density at radius 3 is 2.23 bits per heavy atom. The average Bonchev–Trinajstić information content (AvgIpc) is 3.20. The zero-order valence-corrected chi connectivity index (χ0v) is 16.0. The van der Waals surface area contributed by atoms with E-state index in [1.165, 1.54) is 18.4 Å². The summed E-state index contributed by atoms with van der Waals surface area (Å²) in [4.78, 5) is 2.49. The molecule has 1 heterocycles. The molecule has 0 radical (unpaired) electrons. The summed E-state index contributed by atoms with van der Waals surface area (Å²) in [5.74, 6) is 0.898. The summed E-state index contributed by atoms with van der Waals surface area (Å²) in [6.45, 7) is 7.87. The van der Waals surface area contributed by atoms with Crippen molar-refractivity contribution in [1.82, 2.24) is 4.90 Å². The lowest BCUT2D eigenvalue weighted by molar-refractivity contribution is -0.00677. The first-order chi connectivity index (χ1) is 12.7. The molecule has 3 nitrogen and oxygen atoms in total. The lowest BCUT2D eigenvalue weighted by Gasteiger charge is -2.38. The summed E-state index contributed by atoms with van der Waals surface area (Å²) in [5.41, 5.74) is 1.28. The zero-order valence-electron chi connectivity index (χ0n) is 16.0. The van der Waals surface area contributed by atoms with Crippen molar-refractivity contribution in [2.75, 3.05) is 26.2 Å². The molecule has 2 atom stereocenters. The van der Waals surface area contributed by atoms with Crippen molar-refractivity contribution in [3.05, 3.63) is 65.7 Å². The van der Waals surface area contributed by atoms with Gasteiger partial charge >= 0.3 is 0 Å². The molecular formula is C23H31NO2. The molecule has 0 spiro atoms. The number of benzene rings is 2. The van der Waals surface area contributed by atoms with Crippen molar-refractivity contribution in [1.29, 1.82) is 0 Å². The van der Waals surface area contributed by atoms with Crippen LogP contribution in [0.25, 0.3) is 0 Å². The molecule has 0 unspecified atom stereocenters. The minimum Gasteiger partial charge on any atom is -0.494 e. The predicted molar refractivity (Wildman–Crippen MR) is 107 cm³/mol. The Morgan fingerprint density at radius 2 is 1.65 bits per heavy atom. The second-order valence-electron chi connectivity index (χ2n) is 7.21. The number of hydrogen-bond donors (Lipinski definition) is 1. The summed E-state index contributed by atoms with van der Waals surface area (Å²) in [5, 5.41) is 11.8. The first-order valence-electron chi connectivity index (χ1n) is 9.90. The summed E-state index contributed by atoms with van der Waals surface area (Å²) in [6, 6.07) is 18.5. The lowest BCUT2D eigenvalue weighted by atomic mass is 9.75. The van der Waals surface area contributed by atoms with Gasteiger partial charge in [0.05, 0.1) is 12.2 Å². The zero-order chi connectivity index (χ0) is 18.4. The van der Waals surface area contributed by atoms with Gasteiger partial charge in [0.1, 0.15) is 5.75 Å². The van der Waals surface area contributed by atoms with Crippen LogP contribution in [0.2, 0.25) is 0 Å². The van der Waals surface area contributed by atoms with Crippen LogP contribution in [0.15, 0.2) is 54.6 Å². The van der Waals surface area contributed by atoms with Crippen molar-refractivity contribution < 1.29 is 9.84 Å². The third-order valence-electron chi connectivity index (χ3n) is 5.62. The summed E-state index contributed by atoms with van der Waals surface area (Å²) < 4.78 is 5.57. The van der Waals surface area contributed by atoms with Gasteiger partial charge in [0, 0.05) is 12.5 Å². The third-order valence-corrected chi connectivity index (χ3v) is 5.62. The fourth-order valence-electron chi connectivity index (χ4n) is 4.10. The van der Waals surface area contributed by atoms with Crippen molar-refractivity contribution in [3.8, 4) is 5.75 Å². The van der Waals surface area contributed by atoms with Crippen molar-refractivity contribution >= 4 is 0 Å². The monoisotopic (exact) mass is 353 g/mol. The van der Waals surface area contributed by atoms with Crippen molar-refractivity contribution in [2.24, 2.45) is 0 Å². The Labute approximate surface area is 157 Å². The highest BCUT2D eigenvalue weighted by molar-refractivity contribution is 5.35. The van der Waals surface area contributed by atoms with Crippen LogP contribution >= 0.6 is 0 Å². The molecule has 2 aromatic carbocycles. The van der Waals surface area contributed by atoms with E-state index in [4.69, 9.17) is 4.74 Å². The maximum absolute atomic E-state index is 11.8. The molecule has 1 aliphatic rings. The number of rotatable bonds is 8. The van der Waals surface area contributed by atoms with Gasteiger partial charge in [-0.15, -0.1) is 0 Å². The minimum atomic E-state index is -0.894. The predicted octanol–water partition coefficient (Wildman–Crippen LogP) is 4.56. The smallest absolute Gasteiger partial charge is 0.119 e. The van der Waals surface area contributed by atoms with Crippen molar-refractivity contribution in [3.63, 3.8) is 0 Å². The van der Waals surface area contributed by atoms with Crippen molar-refractivity contribution in [2.45, 2.75) is 44.6 Å². The standard InChI is InChI=1S/C23H31NO2/c1-3-23(25,20-12-14-21(15-13-20)26-4-2)22(18-24-16-8-9-17-24)19-10-6-5-7-11-19/h5-7,10-15,22,25H,3-4,8-9,16-18H2,1-2H3/t22-,23+/m1/s1. The molecule has 0 saturated carbocycles. The van der Waals surface area contributed by atoms with E-state index in [-0.39, 0.29) is 5.92 Å². The highest BCUT2D eigenvalue weighted by Gasteiger charge is 2.39. The molecule has 0 bridgehead atoms. The molecule has 0 aliphatic carbocycles. The van der Waals surface area contributed by atoms with Gasteiger partial charge in [0.25, 0.3) is 0 Å². The molecule has 3 heteroatoms. The maximum atomic E-state index is 11.8. The summed E-state index contributed by atoms with van der Waals surface area (Å²) in [6.07, 6.45) is 3.19. The Kier molecular flexibility index (Phi) is 6.33. The molecule has 140 valence electrons. The maximum Gasteiger partial charge on any atom is 0.119 e. The Hall–Kier alpha value is -1.84. The molecule has 0 aromatic heterocycles. The number of aliphatic hydroxyl groups is 1. The normalized spacial score (nSPS) is 18.4. The highest BCUT2D eigenvalue weighted by Crippen LogP contribution is 2.41. The van der Waals surface area contributed by atoms with Gasteiger partial charge in [-0.25, -0.2) is 0 Å². The van der Waals surface area contributed by atoms with Crippen LogP contribution in [0.5, 0.6) is 5.75 Å². The van der Waals surface area contributed by atoms with E-state index in [0.29, 0.717) is 13.0 Å². The van der Waals surface area contributed by atoms with Crippen LogP contribution in [0.3, 0.4) is 0 Å². The largest absolute Gasteiger partial charge is 0.494 e. The fraction of sp³-hybridized carbons (Fsp3) is 0.478. The number of nitrogens with zero attached hydrogens (tertiary/aromatic N) is 1. The van der Waals surface area contributed by atoms with Gasteiger partial charge in [-0.1, -0.05) is 49.4 Å². The van der Waals surface area contributed by atoms with Crippen LogP contribution < -0.4 is 4.74 Å². The van der Waals surface area contributed by atoms with E-state index < -0.39 is 5.60 Å². The molecule has 2 aromatic rings. The minimum absolute atomic E-state index is 0.0461. The van der Waals surface area contributed by atoms with Gasteiger partial charge in [0.2, 0.25) is 0 Å². The Balaban J connectivity index is 1.94. The molecule has 1 saturated heterocycles. The first-order valence-corrected chi connectivity index (χ1v) is 9.90. The second kappa shape index (κ2) is 8.70. The van der Waals surface area contributed by atoms with Crippen LogP contribution in [0, 0.1) is 0 Å². The molecule has 26 heavy (non-hydrogen) atoms. The fourth-order valence-corrected chi connectivity index (χ4v) is 4.10. The Morgan fingerprint density at radius 1 is 1.00 bits per heavy atom. The van der Waals surface area contributed by atoms with E-state index >= 15 is 0 Å². The third kappa shape index (κ3) is 4.11. The average molecular weight is 354 g/mol. The van der Waals surface area contributed by atoms with Gasteiger partial charge < -0.3 is 14.7 Å². The topological polar surface area (TPSA) is 32.7 Å². The van der Waals surface area contributed by atoms with Gasteiger partial charge in [-0.3, -0.25) is 0 Å². The van der Waals surface area contributed by atoms with Crippen LogP contribution in [-0.2, 0) is 5.60 Å². The molecule has 3 rings (SSSR count). The van der Waals surface area contributed by atoms with Crippen LogP contribution in [-0.4, -0.2) is 36.2 Å². The second-order valence-corrected chi connectivity index (χ2v) is 7.21. The summed E-state index contributed by atoms with van der Waals surface area (Å²) >= 11 is 0. The van der Waals surface area contributed by atoms with E-state index in [1.54, 1.807) is 0 Å². The first kappa shape index (κ1) is 18.9. The summed E-state index contributed by atoms with van der Waals surface area (Å²) in [7, 11) is 0. The number of hydrogen-bond acceptors (Lipinski definition) is 3. The molecule has 1 aliphatic heterocycles. The quantitative estimate of drug-likeness (QED) is 0.755.